The van der Waals surface area contributed by atoms with E-state index in [1.54, 1.807) is 0 Å². The van der Waals surface area contributed by atoms with Gasteiger partial charge in [0, 0.05) is 11.1 Å². The van der Waals surface area contributed by atoms with Gasteiger partial charge in [0.25, 0.3) is 5.91 Å². The number of halogens is 2. The van der Waals surface area contributed by atoms with E-state index in [1.165, 1.54) is 24.3 Å². The van der Waals surface area contributed by atoms with Crippen LogP contribution in [0, 0.1) is 11.6 Å². The summed E-state index contributed by atoms with van der Waals surface area (Å²) in [6, 6.07) is 8.94. The largest absolute Gasteiger partial charge is 0.389 e. The van der Waals surface area contributed by atoms with E-state index >= 15 is 0 Å². The molecule has 1 amide bonds. The zero-order valence-corrected chi connectivity index (χ0v) is 11.0. The SMILES string of the molecule is NC(=S)c1ccc(NC(=O)c2ccc(F)cc2)c(F)c1. The van der Waals surface area contributed by atoms with E-state index in [1.807, 2.05) is 0 Å². The minimum Gasteiger partial charge on any atom is -0.389 e. The highest BCUT2D eigenvalue weighted by molar-refractivity contribution is 7.80. The van der Waals surface area contributed by atoms with Crippen molar-refractivity contribution in [3.8, 4) is 0 Å². The van der Waals surface area contributed by atoms with Crippen molar-refractivity contribution in [3.63, 3.8) is 0 Å². The van der Waals surface area contributed by atoms with E-state index in [4.69, 9.17) is 18.0 Å². The minimum atomic E-state index is -0.647. The molecule has 0 atom stereocenters. The molecule has 0 bridgehead atoms. The van der Waals surface area contributed by atoms with E-state index < -0.39 is 17.5 Å². The van der Waals surface area contributed by atoms with E-state index in [9.17, 15) is 13.6 Å². The molecular weight excluding hydrogens is 282 g/mol. The van der Waals surface area contributed by atoms with Crippen LogP contribution in [-0.2, 0) is 0 Å². The Morgan fingerprint density at radius 1 is 1.05 bits per heavy atom. The number of hydrogen-bond donors (Lipinski definition) is 2. The lowest BCUT2D eigenvalue weighted by molar-refractivity contribution is 0.102. The second-order valence-electron chi connectivity index (χ2n) is 4.02. The fourth-order valence-electron chi connectivity index (χ4n) is 1.57. The number of carbonyl (C=O) groups excluding carboxylic acids is 1. The van der Waals surface area contributed by atoms with Crippen molar-refractivity contribution < 1.29 is 13.6 Å². The third-order valence-electron chi connectivity index (χ3n) is 2.61. The molecule has 0 heterocycles. The second kappa shape index (κ2) is 5.75. The molecule has 0 aliphatic carbocycles. The summed E-state index contributed by atoms with van der Waals surface area (Å²) in [7, 11) is 0. The molecule has 6 heteroatoms. The summed E-state index contributed by atoms with van der Waals surface area (Å²) in [5, 5.41) is 2.39. The van der Waals surface area contributed by atoms with Crippen molar-refractivity contribution in [1.82, 2.24) is 0 Å². The third-order valence-corrected chi connectivity index (χ3v) is 2.84. The van der Waals surface area contributed by atoms with Gasteiger partial charge in [0.05, 0.1) is 5.69 Å². The quantitative estimate of drug-likeness (QED) is 0.855. The van der Waals surface area contributed by atoms with Gasteiger partial charge in [-0.05, 0) is 42.5 Å². The van der Waals surface area contributed by atoms with Crippen molar-refractivity contribution in [1.29, 1.82) is 0 Å². The lowest BCUT2D eigenvalue weighted by atomic mass is 10.1. The Hall–Kier alpha value is -2.34. The molecule has 2 rings (SSSR count). The molecule has 0 fully saturated rings. The number of amides is 1. The van der Waals surface area contributed by atoms with Gasteiger partial charge in [0.1, 0.15) is 16.6 Å². The number of anilines is 1. The Balaban J connectivity index is 2.19. The summed E-state index contributed by atoms with van der Waals surface area (Å²) in [6.45, 7) is 0. The first kappa shape index (κ1) is 14.1. The first-order valence-electron chi connectivity index (χ1n) is 5.63. The summed E-state index contributed by atoms with van der Waals surface area (Å²) >= 11 is 4.73. The highest BCUT2D eigenvalue weighted by atomic mass is 32.1. The maximum atomic E-state index is 13.8. The van der Waals surface area contributed by atoms with E-state index in [0.29, 0.717) is 5.56 Å². The monoisotopic (exact) mass is 292 g/mol. The van der Waals surface area contributed by atoms with Crippen LogP contribution in [0.3, 0.4) is 0 Å². The molecule has 0 saturated heterocycles. The summed E-state index contributed by atoms with van der Waals surface area (Å²) in [5.41, 5.74) is 5.98. The zero-order chi connectivity index (χ0) is 14.7. The number of nitrogens with one attached hydrogen (secondary N) is 1. The molecular formula is C14H10F2N2OS. The molecule has 3 nitrogen and oxygen atoms in total. The van der Waals surface area contributed by atoms with Crippen LogP contribution in [0.1, 0.15) is 15.9 Å². The van der Waals surface area contributed by atoms with E-state index in [2.05, 4.69) is 5.32 Å². The number of thiocarbonyl (C=S) groups is 1. The van der Waals surface area contributed by atoms with Crippen LogP contribution in [0.15, 0.2) is 42.5 Å². The van der Waals surface area contributed by atoms with Crippen LogP contribution in [0.25, 0.3) is 0 Å². The number of hydrogen-bond acceptors (Lipinski definition) is 2. The standard InChI is InChI=1S/C14H10F2N2OS/c15-10-4-1-8(2-5-10)14(19)18-12-6-3-9(13(17)20)7-11(12)16/h1-7H,(H2,17,20)(H,18,19). The molecule has 0 aliphatic rings. The fourth-order valence-corrected chi connectivity index (χ4v) is 1.69. The molecule has 102 valence electrons. The van der Waals surface area contributed by atoms with Gasteiger partial charge in [-0.25, -0.2) is 8.78 Å². The fraction of sp³-hybridized carbons (Fsp3) is 0. The average Bonchev–Trinajstić information content (AvgIpc) is 2.41. The number of nitrogens with two attached hydrogens (primary N) is 1. The van der Waals surface area contributed by atoms with Crippen molar-refractivity contribution >= 4 is 28.8 Å². The molecule has 20 heavy (non-hydrogen) atoms. The molecule has 0 spiro atoms. The Bertz CT molecular complexity index is 671. The van der Waals surface area contributed by atoms with Crippen molar-refractivity contribution in [2.75, 3.05) is 5.32 Å². The maximum absolute atomic E-state index is 13.8. The molecule has 3 N–H and O–H groups in total. The molecule has 0 aliphatic heterocycles. The predicted molar refractivity (Wildman–Crippen MR) is 76.6 cm³/mol. The maximum Gasteiger partial charge on any atom is 0.255 e. The second-order valence-corrected chi connectivity index (χ2v) is 4.46. The molecule has 2 aromatic carbocycles. The highest BCUT2D eigenvalue weighted by Gasteiger charge is 2.10. The van der Waals surface area contributed by atoms with Gasteiger partial charge in [0.2, 0.25) is 0 Å². The Morgan fingerprint density at radius 2 is 1.65 bits per heavy atom. The Morgan fingerprint density at radius 3 is 2.20 bits per heavy atom. The lowest BCUT2D eigenvalue weighted by Crippen LogP contribution is -2.14. The van der Waals surface area contributed by atoms with Crippen LogP contribution in [-0.4, -0.2) is 10.9 Å². The molecule has 0 unspecified atom stereocenters. The molecule has 0 saturated carbocycles. The van der Waals surface area contributed by atoms with Crippen molar-refractivity contribution in [2.45, 2.75) is 0 Å². The van der Waals surface area contributed by atoms with Gasteiger partial charge in [-0.1, -0.05) is 12.2 Å². The van der Waals surface area contributed by atoms with Crippen LogP contribution >= 0.6 is 12.2 Å². The van der Waals surface area contributed by atoms with Gasteiger partial charge in [0.15, 0.2) is 0 Å². The number of benzene rings is 2. The summed E-state index contributed by atoms with van der Waals surface area (Å²) in [4.78, 5) is 11.9. The van der Waals surface area contributed by atoms with Gasteiger partial charge in [-0.15, -0.1) is 0 Å². The van der Waals surface area contributed by atoms with Crippen LogP contribution < -0.4 is 11.1 Å². The Kier molecular flexibility index (Phi) is 4.05. The van der Waals surface area contributed by atoms with Crippen molar-refractivity contribution in [3.05, 3.63) is 65.2 Å². The van der Waals surface area contributed by atoms with Gasteiger partial charge >= 0.3 is 0 Å². The Labute approximate surface area is 119 Å². The van der Waals surface area contributed by atoms with Gasteiger partial charge in [-0.2, -0.15) is 0 Å². The summed E-state index contributed by atoms with van der Waals surface area (Å²) < 4.78 is 26.5. The first-order chi connectivity index (χ1) is 9.47. The van der Waals surface area contributed by atoms with Crippen LogP contribution in [0.5, 0.6) is 0 Å². The van der Waals surface area contributed by atoms with Gasteiger partial charge in [-0.3, -0.25) is 4.79 Å². The topological polar surface area (TPSA) is 55.1 Å². The lowest BCUT2D eigenvalue weighted by Gasteiger charge is -2.08. The van der Waals surface area contributed by atoms with E-state index in [-0.39, 0.29) is 16.2 Å². The predicted octanol–water partition coefficient (Wildman–Crippen LogP) is 2.85. The first-order valence-corrected chi connectivity index (χ1v) is 6.04. The number of rotatable bonds is 3. The molecule has 2 aromatic rings. The van der Waals surface area contributed by atoms with E-state index in [0.717, 1.165) is 18.2 Å². The average molecular weight is 292 g/mol. The number of carbonyl (C=O) groups is 1. The minimum absolute atomic E-state index is 0.000625. The van der Waals surface area contributed by atoms with Crippen LogP contribution in [0.4, 0.5) is 14.5 Å². The normalized spacial score (nSPS) is 10.1. The summed E-state index contributed by atoms with van der Waals surface area (Å²) in [6.07, 6.45) is 0. The smallest absolute Gasteiger partial charge is 0.255 e. The van der Waals surface area contributed by atoms with Crippen LogP contribution in [0.2, 0.25) is 0 Å². The molecule has 0 aromatic heterocycles. The highest BCUT2D eigenvalue weighted by Crippen LogP contribution is 2.17. The molecule has 0 radical (unpaired) electrons. The van der Waals surface area contributed by atoms with Crippen molar-refractivity contribution in [2.24, 2.45) is 5.73 Å². The van der Waals surface area contributed by atoms with Gasteiger partial charge < -0.3 is 11.1 Å². The third kappa shape index (κ3) is 3.16. The zero-order valence-electron chi connectivity index (χ0n) is 10.2. The summed E-state index contributed by atoms with van der Waals surface area (Å²) in [5.74, 6) is -1.63.